The molecule has 1 aromatic carbocycles. The second-order valence-electron chi connectivity index (χ2n) is 3.68. The summed E-state index contributed by atoms with van der Waals surface area (Å²) in [6.45, 7) is 8.62. The second-order valence-corrected chi connectivity index (χ2v) is 3.88. The van der Waals surface area contributed by atoms with Gasteiger partial charge in [0.05, 0.1) is 0 Å². The Morgan fingerprint density at radius 2 is 1.85 bits per heavy atom. The molecule has 3 radical (unpaired) electrons. The molecule has 0 fully saturated rings. The van der Waals surface area contributed by atoms with Gasteiger partial charge >= 0.3 is 10.5 Å². The van der Waals surface area contributed by atoms with Gasteiger partial charge in [-0.1, -0.05) is 19.9 Å². The summed E-state index contributed by atoms with van der Waals surface area (Å²) in [7, 11) is 3.08. The fraction of sp³-hybridized carbons (Fsp3) is 0.455. The average Bonchev–Trinajstić information content (AvgIpc) is 2.08. The zero-order valence-corrected chi connectivity index (χ0v) is 9.64. The molecule has 2 heteroatoms. The molecule has 0 bridgehead atoms. The van der Waals surface area contributed by atoms with Gasteiger partial charge in [0, 0.05) is 0 Å². The molecular formula is C11H15OSi. The van der Waals surface area contributed by atoms with E-state index in [4.69, 9.17) is 4.43 Å². The zero-order valence-electron chi connectivity index (χ0n) is 8.64. The zero-order chi connectivity index (χ0) is 10.0. The van der Waals surface area contributed by atoms with Gasteiger partial charge in [0.15, 0.2) is 0 Å². The Bertz CT molecular complexity index is 305. The third kappa shape index (κ3) is 1.94. The third-order valence-corrected chi connectivity index (χ3v) is 2.65. The van der Waals surface area contributed by atoms with Gasteiger partial charge in [0.2, 0.25) is 0 Å². The summed E-state index contributed by atoms with van der Waals surface area (Å²) in [5.41, 5.74) is 3.93. The van der Waals surface area contributed by atoms with Crippen LogP contribution in [0.5, 0.6) is 5.75 Å². The van der Waals surface area contributed by atoms with Crippen LogP contribution in [0.4, 0.5) is 0 Å². The lowest BCUT2D eigenvalue weighted by Gasteiger charge is -2.16. The topological polar surface area (TPSA) is 9.23 Å². The van der Waals surface area contributed by atoms with Crippen LogP contribution in [0.15, 0.2) is 12.1 Å². The van der Waals surface area contributed by atoms with Gasteiger partial charge in [0.1, 0.15) is 5.75 Å². The van der Waals surface area contributed by atoms with Crippen molar-refractivity contribution >= 4 is 10.5 Å². The highest BCUT2D eigenvalue weighted by Gasteiger charge is 2.11. The van der Waals surface area contributed by atoms with Crippen LogP contribution in [0.1, 0.15) is 36.5 Å². The molecule has 0 atom stereocenters. The van der Waals surface area contributed by atoms with Crippen LogP contribution in [0.2, 0.25) is 0 Å². The summed E-state index contributed by atoms with van der Waals surface area (Å²) >= 11 is 0. The lowest BCUT2D eigenvalue weighted by atomic mass is 9.94. The standard InChI is InChI=1S/C11H15OSi/c1-7(2)11-9(4)8(3)5-6-10(11)12-13/h5-7H,1-4H3. The van der Waals surface area contributed by atoms with E-state index in [9.17, 15) is 0 Å². The van der Waals surface area contributed by atoms with Crippen molar-refractivity contribution in [1.82, 2.24) is 0 Å². The van der Waals surface area contributed by atoms with Gasteiger partial charge in [-0.25, -0.2) is 0 Å². The first kappa shape index (κ1) is 10.3. The average molecular weight is 191 g/mol. The predicted molar refractivity (Wildman–Crippen MR) is 56.4 cm³/mol. The SMILES string of the molecule is Cc1ccc(O[Si])c(C(C)C)c1C. The number of benzene rings is 1. The van der Waals surface area contributed by atoms with Crippen LogP contribution in [-0.4, -0.2) is 10.5 Å². The highest BCUT2D eigenvalue weighted by Crippen LogP contribution is 2.30. The molecule has 0 unspecified atom stereocenters. The number of aryl methyl sites for hydroxylation is 1. The maximum atomic E-state index is 5.15. The molecule has 0 amide bonds. The summed E-state index contributed by atoms with van der Waals surface area (Å²) < 4.78 is 5.15. The highest BCUT2D eigenvalue weighted by atomic mass is 28.2. The van der Waals surface area contributed by atoms with Crippen LogP contribution in [0, 0.1) is 13.8 Å². The number of hydrogen-bond acceptors (Lipinski definition) is 1. The molecule has 13 heavy (non-hydrogen) atoms. The Kier molecular flexibility index (Phi) is 3.15. The maximum Gasteiger partial charge on any atom is 0.341 e. The van der Waals surface area contributed by atoms with Gasteiger partial charge in [0.25, 0.3) is 0 Å². The molecule has 0 aliphatic heterocycles. The molecule has 0 saturated carbocycles. The Morgan fingerprint density at radius 1 is 1.23 bits per heavy atom. The minimum Gasteiger partial charge on any atom is -0.540 e. The van der Waals surface area contributed by atoms with Crippen molar-refractivity contribution < 1.29 is 4.43 Å². The van der Waals surface area contributed by atoms with Crippen LogP contribution < -0.4 is 4.43 Å². The largest absolute Gasteiger partial charge is 0.540 e. The molecule has 0 aliphatic rings. The van der Waals surface area contributed by atoms with Gasteiger partial charge in [-0.15, -0.1) is 0 Å². The number of hydrogen-bond donors (Lipinski definition) is 0. The molecule has 0 heterocycles. The normalized spacial score (nSPS) is 10.6. The highest BCUT2D eigenvalue weighted by molar-refractivity contribution is 6.00. The Balaban J connectivity index is 3.32. The summed E-state index contributed by atoms with van der Waals surface area (Å²) in [6.07, 6.45) is 0. The van der Waals surface area contributed by atoms with Gasteiger partial charge in [-0.05, 0) is 42.5 Å². The smallest absolute Gasteiger partial charge is 0.341 e. The summed E-state index contributed by atoms with van der Waals surface area (Å²) in [5.74, 6) is 1.42. The van der Waals surface area contributed by atoms with E-state index in [1.807, 2.05) is 6.07 Å². The first-order valence-electron chi connectivity index (χ1n) is 4.51. The summed E-state index contributed by atoms with van der Waals surface area (Å²) in [4.78, 5) is 0. The molecule has 1 nitrogen and oxygen atoms in total. The molecular weight excluding hydrogens is 176 g/mol. The lowest BCUT2D eigenvalue weighted by Crippen LogP contribution is -1.99. The molecule has 0 aromatic heterocycles. The summed E-state index contributed by atoms with van der Waals surface area (Å²) in [6, 6.07) is 4.08. The Morgan fingerprint density at radius 3 is 2.31 bits per heavy atom. The maximum absolute atomic E-state index is 5.15. The number of rotatable bonds is 2. The third-order valence-electron chi connectivity index (χ3n) is 2.43. The Hall–Kier alpha value is -0.763. The first-order chi connectivity index (χ1) is 6.07. The predicted octanol–water partition coefficient (Wildman–Crippen LogP) is 2.89. The van der Waals surface area contributed by atoms with E-state index in [0.29, 0.717) is 5.92 Å². The fourth-order valence-electron chi connectivity index (χ4n) is 1.62. The van der Waals surface area contributed by atoms with Crippen molar-refractivity contribution in [2.45, 2.75) is 33.6 Å². The molecule has 1 aromatic rings. The quantitative estimate of drug-likeness (QED) is 0.653. The minimum absolute atomic E-state index is 0.492. The van der Waals surface area contributed by atoms with E-state index >= 15 is 0 Å². The molecule has 0 saturated heterocycles. The van der Waals surface area contributed by atoms with Crippen LogP contribution in [-0.2, 0) is 0 Å². The molecule has 69 valence electrons. The van der Waals surface area contributed by atoms with Gasteiger partial charge < -0.3 is 4.43 Å². The van der Waals surface area contributed by atoms with Gasteiger partial charge in [-0.3, -0.25) is 0 Å². The van der Waals surface area contributed by atoms with E-state index < -0.39 is 0 Å². The molecule has 0 N–H and O–H groups in total. The van der Waals surface area contributed by atoms with E-state index in [2.05, 4.69) is 44.2 Å². The van der Waals surface area contributed by atoms with Crippen molar-refractivity contribution in [2.75, 3.05) is 0 Å². The lowest BCUT2D eigenvalue weighted by molar-refractivity contribution is 0.595. The van der Waals surface area contributed by atoms with E-state index in [1.165, 1.54) is 16.7 Å². The van der Waals surface area contributed by atoms with E-state index in [1.54, 1.807) is 0 Å². The van der Waals surface area contributed by atoms with Crippen LogP contribution >= 0.6 is 0 Å². The Labute approximate surface area is 83.7 Å². The molecule has 0 aliphatic carbocycles. The van der Waals surface area contributed by atoms with Crippen molar-refractivity contribution in [3.63, 3.8) is 0 Å². The van der Waals surface area contributed by atoms with E-state index in [0.717, 1.165) is 5.75 Å². The van der Waals surface area contributed by atoms with Crippen molar-refractivity contribution in [3.8, 4) is 5.75 Å². The second kappa shape index (κ2) is 3.96. The minimum atomic E-state index is 0.492. The van der Waals surface area contributed by atoms with Gasteiger partial charge in [-0.2, -0.15) is 0 Å². The summed E-state index contributed by atoms with van der Waals surface area (Å²) in [5, 5.41) is 0. The fourth-order valence-corrected chi connectivity index (χ4v) is 1.80. The van der Waals surface area contributed by atoms with Crippen molar-refractivity contribution in [1.29, 1.82) is 0 Å². The molecule has 0 spiro atoms. The van der Waals surface area contributed by atoms with Crippen LogP contribution in [0.3, 0.4) is 0 Å². The van der Waals surface area contributed by atoms with E-state index in [-0.39, 0.29) is 0 Å². The van der Waals surface area contributed by atoms with Crippen molar-refractivity contribution in [2.24, 2.45) is 0 Å². The van der Waals surface area contributed by atoms with Crippen LogP contribution in [0.25, 0.3) is 0 Å². The first-order valence-corrected chi connectivity index (χ1v) is 4.92. The van der Waals surface area contributed by atoms with Crippen molar-refractivity contribution in [3.05, 3.63) is 28.8 Å². The molecule has 1 rings (SSSR count). The monoisotopic (exact) mass is 191 g/mol.